The third-order valence-electron chi connectivity index (χ3n) is 4.68. The first-order valence-electron chi connectivity index (χ1n) is 9.56. The molecule has 0 heterocycles. The smallest absolute Gasteiger partial charge is 0.242 e. The fraction of sp³-hybridized carbons (Fsp3) is 0.174. The molecule has 8 heteroatoms. The highest BCUT2D eigenvalue weighted by atomic mass is 32.2. The largest absolute Gasteiger partial charge is 0.496 e. The second-order valence-electron chi connectivity index (χ2n) is 6.99. The van der Waals surface area contributed by atoms with Crippen LogP contribution in [0, 0.1) is 12.7 Å². The van der Waals surface area contributed by atoms with Crippen LogP contribution in [0.2, 0.25) is 0 Å². The van der Waals surface area contributed by atoms with Crippen LogP contribution in [-0.4, -0.2) is 27.5 Å². The third-order valence-corrected chi connectivity index (χ3v) is 6.15. The minimum absolute atomic E-state index is 0.0263. The molecule has 162 valence electrons. The average Bonchev–Trinajstić information content (AvgIpc) is 2.75. The molecule has 31 heavy (non-hydrogen) atoms. The molecule has 0 unspecified atom stereocenters. The lowest BCUT2D eigenvalue weighted by Crippen LogP contribution is -2.45. The van der Waals surface area contributed by atoms with E-state index >= 15 is 0 Å². The van der Waals surface area contributed by atoms with Crippen molar-refractivity contribution in [1.29, 1.82) is 0 Å². The number of nitrogens with one attached hydrogen (secondary N) is 2. The highest BCUT2D eigenvalue weighted by Gasteiger charge is 2.26. The van der Waals surface area contributed by atoms with Gasteiger partial charge in [0.1, 0.15) is 17.6 Å². The average molecular weight is 443 g/mol. The number of halogens is 1. The minimum atomic E-state index is -4.00. The van der Waals surface area contributed by atoms with E-state index in [1.54, 1.807) is 13.0 Å². The van der Waals surface area contributed by atoms with E-state index in [-0.39, 0.29) is 11.3 Å². The van der Waals surface area contributed by atoms with Crippen molar-refractivity contribution < 1.29 is 22.3 Å². The number of carbonyl (C=O) groups excluding carboxylic acids is 1. The first-order valence-corrected chi connectivity index (χ1v) is 11.0. The number of carbonyl (C=O) groups is 1. The van der Waals surface area contributed by atoms with Crippen molar-refractivity contribution >= 4 is 21.6 Å². The maximum Gasteiger partial charge on any atom is 0.242 e. The number of anilines is 1. The molecule has 3 aromatic carbocycles. The highest BCUT2D eigenvalue weighted by Crippen LogP contribution is 2.22. The molecule has 2 N–H and O–H groups in total. The summed E-state index contributed by atoms with van der Waals surface area (Å²) in [5.41, 5.74) is 1.81. The van der Waals surface area contributed by atoms with Gasteiger partial charge in [-0.1, -0.05) is 30.3 Å². The molecule has 0 saturated heterocycles. The quantitative estimate of drug-likeness (QED) is 0.558. The molecule has 0 fully saturated rings. The van der Waals surface area contributed by atoms with Gasteiger partial charge in [-0.25, -0.2) is 12.8 Å². The lowest BCUT2D eigenvalue weighted by molar-refractivity contribution is -0.117. The molecule has 3 rings (SSSR count). The zero-order valence-electron chi connectivity index (χ0n) is 17.1. The summed E-state index contributed by atoms with van der Waals surface area (Å²) >= 11 is 0. The number of sulfonamides is 1. The third kappa shape index (κ3) is 5.90. The van der Waals surface area contributed by atoms with Gasteiger partial charge < -0.3 is 10.1 Å². The fourth-order valence-corrected chi connectivity index (χ4v) is 4.35. The van der Waals surface area contributed by atoms with E-state index < -0.39 is 27.8 Å². The van der Waals surface area contributed by atoms with Crippen LogP contribution in [0.1, 0.15) is 11.1 Å². The molecule has 0 radical (unpaired) electrons. The Morgan fingerprint density at radius 2 is 1.71 bits per heavy atom. The molecule has 0 saturated carbocycles. The molecule has 3 aromatic rings. The summed E-state index contributed by atoms with van der Waals surface area (Å²) in [6.07, 6.45) is 0.141. The standard InChI is InChI=1S/C23H23FN2O4S/c1-16-14-20(12-13-22(16)30-2)31(28,29)26-21(15-17-6-4-3-5-7-17)23(27)25-19-10-8-18(24)9-11-19/h3-14,21,26H,15H2,1-2H3,(H,25,27)/t21-/m1/s1. The highest BCUT2D eigenvalue weighted by molar-refractivity contribution is 7.89. The van der Waals surface area contributed by atoms with Crippen molar-refractivity contribution in [2.75, 3.05) is 12.4 Å². The number of hydrogen-bond acceptors (Lipinski definition) is 4. The van der Waals surface area contributed by atoms with E-state index in [2.05, 4.69) is 10.0 Å². The number of rotatable bonds is 8. The van der Waals surface area contributed by atoms with E-state index in [1.807, 2.05) is 30.3 Å². The van der Waals surface area contributed by atoms with Crippen LogP contribution in [-0.2, 0) is 21.2 Å². The van der Waals surface area contributed by atoms with Crippen LogP contribution in [0.5, 0.6) is 5.75 Å². The summed E-state index contributed by atoms with van der Waals surface area (Å²) < 4.78 is 46.8. The van der Waals surface area contributed by atoms with Gasteiger partial charge in [0.2, 0.25) is 15.9 Å². The Balaban J connectivity index is 1.87. The predicted octanol–water partition coefficient (Wildman–Crippen LogP) is 3.67. The first-order chi connectivity index (χ1) is 14.8. The summed E-state index contributed by atoms with van der Waals surface area (Å²) in [5, 5.41) is 2.64. The molecule has 1 amide bonds. The Labute approximate surface area is 181 Å². The topological polar surface area (TPSA) is 84.5 Å². The van der Waals surface area contributed by atoms with Gasteiger partial charge in [-0.2, -0.15) is 4.72 Å². The summed E-state index contributed by atoms with van der Waals surface area (Å²) in [5.74, 6) is -0.424. The molecule has 0 aliphatic heterocycles. The minimum Gasteiger partial charge on any atom is -0.496 e. The van der Waals surface area contributed by atoms with Gasteiger partial charge in [-0.05, 0) is 66.9 Å². The second-order valence-corrected chi connectivity index (χ2v) is 8.71. The molecule has 0 aliphatic carbocycles. The molecule has 0 aromatic heterocycles. The number of aryl methyl sites for hydroxylation is 1. The van der Waals surface area contributed by atoms with Crippen molar-refractivity contribution in [3.05, 3.63) is 89.7 Å². The zero-order chi connectivity index (χ0) is 22.4. The fourth-order valence-electron chi connectivity index (χ4n) is 3.07. The molecule has 6 nitrogen and oxygen atoms in total. The van der Waals surface area contributed by atoms with Crippen LogP contribution < -0.4 is 14.8 Å². The second kappa shape index (κ2) is 9.72. The summed E-state index contributed by atoms with van der Waals surface area (Å²) in [7, 11) is -2.49. The molecule has 0 bridgehead atoms. The van der Waals surface area contributed by atoms with Crippen molar-refractivity contribution in [3.63, 3.8) is 0 Å². The number of hydrogen-bond donors (Lipinski definition) is 2. The Morgan fingerprint density at radius 1 is 1.03 bits per heavy atom. The SMILES string of the molecule is COc1ccc(S(=O)(=O)N[C@H](Cc2ccccc2)C(=O)Nc2ccc(F)cc2)cc1C. The van der Waals surface area contributed by atoms with Crippen LogP contribution in [0.25, 0.3) is 0 Å². The molecular formula is C23H23FN2O4S. The van der Waals surface area contributed by atoms with Gasteiger partial charge in [-0.15, -0.1) is 0 Å². The molecule has 1 atom stereocenters. The maximum atomic E-state index is 13.2. The van der Waals surface area contributed by atoms with E-state index in [1.165, 1.54) is 43.5 Å². The number of ether oxygens (including phenoxy) is 1. The van der Waals surface area contributed by atoms with Crippen molar-refractivity contribution in [2.45, 2.75) is 24.3 Å². The Hall–Kier alpha value is -3.23. The number of amides is 1. The van der Waals surface area contributed by atoms with Gasteiger partial charge in [-0.3, -0.25) is 4.79 Å². The van der Waals surface area contributed by atoms with E-state index in [0.717, 1.165) is 5.56 Å². The van der Waals surface area contributed by atoms with Crippen LogP contribution in [0.3, 0.4) is 0 Å². The monoisotopic (exact) mass is 442 g/mol. The first kappa shape index (κ1) is 22.5. The van der Waals surface area contributed by atoms with Gasteiger partial charge >= 0.3 is 0 Å². The lowest BCUT2D eigenvalue weighted by Gasteiger charge is -2.19. The van der Waals surface area contributed by atoms with E-state index in [0.29, 0.717) is 17.0 Å². The lowest BCUT2D eigenvalue weighted by atomic mass is 10.1. The predicted molar refractivity (Wildman–Crippen MR) is 117 cm³/mol. The van der Waals surface area contributed by atoms with E-state index in [4.69, 9.17) is 4.74 Å². The number of benzene rings is 3. The van der Waals surface area contributed by atoms with Gasteiger partial charge in [0.05, 0.1) is 12.0 Å². The van der Waals surface area contributed by atoms with Crippen molar-refractivity contribution in [2.24, 2.45) is 0 Å². The van der Waals surface area contributed by atoms with Crippen LogP contribution >= 0.6 is 0 Å². The Morgan fingerprint density at radius 3 is 2.32 bits per heavy atom. The van der Waals surface area contributed by atoms with E-state index in [9.17, 15) is 17.6 Å². The zero-order valence-corrected chi connectivity index (χ0v) is 17.9. The normalized spacial score (nSPS) is 12.2. The molecule has 0 aliphatic rings. The molecule has 0 spiro atoms. The van der Waals surface area contributed by atoms with Crippen molar-refractivity contribution in [3.8, 4) is 5.75 Å². The summed E-state index contributed by atoms with van der Waals surface area (Å²) in [6, 6.07) is 17.7. The van der Waals surface area contributed by atoms with Crippen molar-refractivity contribution in [1.82, 2.24) is 4.72 Å². The maximum absolute atomic E-state index is 13.2. The molecular weight excluding hydrogens is 419 g/mol. The van der Waals surface area contributed by atoms with Gasteiger partial charge in [0, 0.05) is 5.69 Å². The van der Waals surface area contributed by atoms with Crippen LogP contribution in [0.4, 0.5) is 10.1 Å². The summed E-state index contributed by atoms with van der Waals surface area (Å²) in [4.78, 5) is 13.0. The Kier molecular flexibility index (Phi) is 7.04. The van der Waals surface area contributed by atoms with Gasteiger partial charge in [0.25, 0.3) is 0 Å². The van der Waals surface area contributed by atoms with Crippen LogP contribution in [0.15, 0.2) is 77.7 Å². The van der Waals surface area contributed by atoms with Gasteiger partial charge in [0.15, 0.2) is 0 Å². The number of methoxy groups -OCH3 is 1. The summed E-state index contributed by atoms with van der Waals surface area (Å²) in [6.45, 7) is 1.74. The Bertz CT molecular complexity index is 1150.